The minimum atomic E-state index is -0.454. The molecule has 5 aliphatic heterocycles. The number of ether oxygens (including phenoxy) is 3. The smallest absolute Gasteiger partial charge is 0.318 e. The first-order chi connectivity index (χ1) is 23.4. The molecule has 1 aliphatic carbocycles. The lowest BCUT2D eigenvalue weighted by molar-refractivity contribution is -0.0730. The fourth-order valence-corrected chi connectivity index (χ4v) is 9.65. The Morgan fingerprint density at radius 3 is 2.88 bits per heavy atom. The van der Waals surface area contributed by atoms with E-state index in [1.165, 1.54) is 17.5 Å². The first-order valence-corrected chi connectivity index (χ1v) is 18.2. The number of amides is 1. The Kier molecular flexibility index (Phi) is 7.67. The van der Waals surface area contributed by atoms with Gasteiger partial charge < -0.3 is 24.0 Å². The zero-order valence-electron chi connectivity index (χ0n) is 27.8. The molecule has 48 heavy (non-hydrogen) atoms. The molecule has 3 aromatic rings. The van der Waals surface area contributed by atoms with Crippen molar-refractivity contribution in [3.8, 4) is 6.01 Å². The number of aryl methyl sites for hydroxylation is 1. The average Bonchev–Trinajstić information content (AvgIpc) is 3.82. The third-order valence-electron chi connectivity index (χ3n) is 11.7. The monoisotopic (exact) mass is 673 g/mol. The fraction of sp³-hybridized carbons (Fsp3) is 0.611. The minimum Gasteiger partial charge on any atom is -0.461 e. The second kappa shape index (κ2) is 12.0. The third-order valence-corrected chi connectivity index (χ3v) is 12.0. The summed E-state index contributed by atoms with van der Waals surface area (Å²) in [6.07, 6.45) is 6.82. The van der Waals surface area contributed by atoms with Gasteiger partial charge in [-0.1, -0.05) is 30.7 Å². The molecule has 3 atom stereocenters. The van der Waals surface area contributed by atoms with E-state index in [0.717, 1.165) is 86.1 Å². The second-order valence-corrected chi connectivity index (χ2v) is 15.2. The fourth-order valence-electron chi connectivity index (χ4n) is 9.38. The van der Waals surface area contributed by atoms with Gasteiger partial charge in [0, 0.05) is 49.7 Å². The van der Waals surface area contributed by atoms with Crippen LogP contribution in [0.3, 0.4) is 0 Å². The molecule has 0 N–H and O–H groups in total. The Morgan fingerprint density at radius 2 is 1.98 bits per heavy atom. The highest BCUT2D eigenvalue weighted by Crippen LogP contribution is 2.49. The van der Waals surface area contributed by atoms with E-state index in [-0.39, 0.29) is 11.4 Å². The van der Waals surface area contributed by atoms with Gasteiger partial charge in [0.25, 0.3) is 5.91 Å². The maximum absolute atomic E-state index is 13.3. The van der Waals surface area contributed by atoms with E-state index >= 15 is 0 Å². The highest BCUT2D eigenvalue weighted by atomic mass is 35.5. The molecule has 6 aliphatic rings. The van der Waals surface area contributed by atoms with Crippen LogP contribution in [0.4, 0.5) is 5.82 Å². The number of hydrogen-bond donors (Lipinski definition) is 0. The zero-order chi connectivity index (χ0) is 32.5. The van der Waals surface area contributed by atoms with E-state index in [4.69, 9.17) is 40.9 Å². The second-order valence-electron chi connectivity index (χ2n) is 14.8. The maximum Gasteiger partial charge on any atom is 0.318 e. The van der Waals surface area contributed by atoms with Crippen molar-refractivity contribution >= 4 is 23.3 Å². The van der Waals surface area contributed by atoms with Crippen LogP contribution in [0.15, 0.2) is 24.3 Å². The van der Waals surface area contributed by atoms with Crippen LogP contribution >= 0.6 is 11.6 Å². The van der Waals surface area contributed by atoms with E-state index in [9.17, 15) is 4.79 Å². The number of carbonyl (C=O) groups is 1. The number of halogens is 1. The molecule has 3 fully saturated rings. The number of rotatable bonds is 5. The van der Waals surface area contributed by atoms with Crippen LogP contribution in [0, 0.1) is 5.92 Å². The van der Waals surface area contributed by atoms with E-state index in [1.807, 2.05) is 27.8 Å². The molecule has 0 saturated carbocycles. The summed E-state index contributed by atoms with van der Waals surface area (Å²) >= 11 is 6.66. The van der Waals surface area contributed by atoms with Crippen LogP contribution < -0.4 is 9.64 Å². The summed E-state index contributed by atoms with van der Waals surface area (Å²) in [6, 6.07) is 8.58. The van der Waals surface area contributed by atoms with Gasteiger partial charge in [-0.25, -0.2) is 0 Å². The Bertz CT molecular complexity index is 1740. The van der Waals surface area contributed by atoms with E-state index in [1.54, 1.807) is 0 Å². The Morgan fingerprint density at radius 1 is 1.08 bits per heavy atom. The van der Waals surface area contributed by atoms with E-state index in [2.05, 4.69) is 22.8 Å². The van der Waals surface area contributed by atoms with Crippen molar-refractivity contribution in [1.29, 1.82) is 0 Å². The van der Waals surface area contributed by atoms with Gasteiger partial charge in [0.15, 0.2) is 5.69 Å². The lowest BCUT2D eigenvalue weighted by atomic mass is 9.87. The molecule has 1 aromatic carbocycles. The highest BCUT2D eigenvalue weighted by molar-refractivity contribution is 6.31. The third kappa shape index (κ3) is 5.20. The molecule has 0 bridgehead atoms. The predicted molar refractivity (Wildman–Crippen MR) is 179 cm³/mol. The van der Waals surface area contributed by atoms with Crippen molar-refractivity contribution < 1.29 is 19.0 Å². The largest absolute Gasteiger partial charge is 0.461 e. The first-order valence-electron chi connectivity index (χ1n) is 17.8. The van der Waals surface area contributed by atoms with Gasteiger partial charge >= 0.3 is 6.01 Å². The number of hydrogen-bond acceptors (Lipinski definition) is 9. The van der Waals surface area contributed by atoms with Crippen LogP contribution in [-0.4, -0.2) is 93.5 Å². The van der Waals surface area contributed by atoms with Gasteiger partial charge in [-0.15, -0.1) is 0 Å². The van der Waals surface area contributed by atoms with Crippen molar-refractivity contribution in [3.05, 3.63) is 63.1 Å². The number of benzene rings is 1. The van der Waals surface area contributed by atoms with Crippen LogP contribution in [0.2, 0.25) is 5.02 Å². The molecule has 1 spiro atoms. The van der Waals surface area contributed by atoms with Gasteiger partial charge in [0.05, 0.1) is 48.9 Å². The predicted octanol–water partition coefficient (Wildman–Crippen LogP) is 4.38. The van der Waals surface area contributed by atoms with Crippen molar-refractivity contribution in [2.45, 2.75) is 82.7 Å². The minimum absolute atomic E-state index is 0.0299. The van der Waals surface area contributed by atoms with Gasteiger partial charge in [-0.2, -0.15) is 15.1 Å². The van der Waals surface area contributed by atoms with Crippen LogP contribution in [0.5, 0.6) is 6.01 Å². The number of nitrogens with zero attached hydrogens (tertiary/aromatic N) is 7. The molecule has 254 valence electrons. The number of carbonyl (C=O) groups excluding carboxylic acids is 1. The van der Waals surface area contributed by atoms with Crippen molar-refractivity contribution in [2.75, 3.05) is 57.4 Å². The normalized spacial score (nSPS) is 28.2. The van der Waals surface area contributed by atoms with Crippen molar-refractivity contribution in [3.63, 3.8) is 0 Å². The molecule has 11 nitrogen and oxygen atoms in total. The van der Waals surface area contributed by atoms with E-state index < -0.39 is 5.60 Å². The van der Waals surface area contributed by atoms with Gasteiger partial charge in [0.1, 0.15) is 12.4 Å². The molecule has 9 rings (SSSR count). The first kappa shape index (κ1) is 30.8. The Balaban J connectivity index is 1.05. The zero-order valence-corrected chi connectivity index (χ0v) is 28.5. The van der Waals surface area contributed by atoms with Crippen LogP contribution in [0.25, 0.3) is 0 Å². The highest BCUT2D eigenvalue weighted by Gasteiger charge is 2.48. The summed E-state index contributed by atoms with van der Waals surface area (Å²) < 4.78 is 20.9. The summed E-state index contributed by atoms with van der Waals surface area (Å²) in [5, 5.41) is 5.58. The molecule has 12 heteroatoms. The molecular formula is C36H44ClN7O4. The molecular weight excluding hydrogens is 630 g/mol. The Labute approximate surface area is 286 Å². The molecule has 0 unspecified atom stereocenters. The van der Waals surface area contributed by atoms with Gasteiger partial charge in [0.2, 0.25) is 0 Å². The summed E-state index contributed by atoms with van der Waals surface area (Å²) in [5.74, 6) is 1.50. The standard InChI is InChI=1S/C36H44ClN7O4/c1-24-18-35(8-3-11-43(35)20-24)23-47-34-38-31-19-36(9-7-26-28(36)5-2-6-29(26)37)48-22-27(31)32(39-34)42-10-4-12-44-25(21-42)17-30(40-44)33(45)41-13-15-46-16-14-41/h2,5-6,17,24H,3-4,7-16,18-23H2,1H3/t24-,35+,36+/m1/s1. The number of fused-ring (bicyclic) bond motifs is 5. The summed E-state index contributed by atoms with van der Waals surface area (Å²) in [6.45, 7) is 10.1. The van der Waals surface area contributed by atoms with Crippen molar-refractivity contribution in [1.82, 2.24) is 29.5 Å². The maximum atomic E-state index is 13.3. The Hall–Kier alpha value is -3.25. The molecule has 1 amide bonds. The summed E-state index contributed by atoms with van der Waals surface area (Å²) in [4.78, 5) is 30.4. The van der Waals surface area contributed by atoms with Crippen LogP contribution in [0.1, 0.15) is 77.6 Å². The van der Waals surface area contributed by atoms with Gasteiger partial charge in [-0.3, -0.25) is 14.4 Å². The topological polar surface area (TPSA) is 98.1 Å². The lowest BCUT2D eigenvalue weighted by Gasteiger charge is -2.37. The summed E-state index contributed by atoms with van der Waals surface area (Å²) in [5.41, 5.74) is 5.51. The van der Waals surface area contributed by atoms with Crippen molar-refractivity contribution in [2.24, 2.45) is 5.92 Å². The van der Waals surface area contributed by atoms with E-state index in [0.29, 0.717) is 70.1 Å². The average molecular weight is 674 g/mol. The van der Waals surface area contributed by atoms with Crippen LogP contribution in [-0.2, 0) is 47.6 Å². The number of anilines is 1. The molecule has 2 aromatic heterocycles. The number of aromatic nitrogens is 4. The summed E-state index contributed by atoms with van der Waals surface area (Å²) in [7, 11) is 0. The number of morpholine rings is 1. The quantitative estimate of drug-likeness (QED) is 0.391. The lowest BCUT2D eigenvalue weighted by Crippen LogP contribution is -2.43. The molecule has 3 saturated heterocycles. The molecule has 7 heterocycles. The molecule has 0 radical (unpaired) electrons. The SMILES string of the molecule is C[C@H]1CN2CCC[C@@]2(COc2nc3c(c(N4CCCn5nc(C(=O)N6CCOCC6)cc5C4)n2)CO[C@@]2(CCc4c(Cl)cccc42)C3)C1. The van der Waals surface area contributed by atoms with Gasteiger partial charge in [-0.05, 0) is 74.2 Å².